The van der Waals surface area contributed by atoms with Crippen molar-refractivity contribution in [2.45, 2.75) is 65.8 Å². The molecule has 1 aromatic rings. The molecule has 2 N–H and O–H groups in total. The standard InChI is InChI=1S/C21H32N2O2/c1-20(2,3)14-17-12-13-23(21(17,4)5)18(24)11-8-15-6-9-16(10-7-15)19(22)25/h6-7,9-10,17H,8,11-14H2,1-5H3,(H2,22,25). The number of nitrogens with two attached hydrogens (primary N) is 1. The molecule has 0 bridgehead atoms. The number of likely N-dealkylation sites (tertiary alicyclic amines) is 1. The van der Waals surface area contributed by atoms with Gasteiger partial charge in [0.2, 0.25) is 11.8 Å². The number of carbonyl (C=O) groups is 2. The van der Waals surface area contributed by atoms with Gasteiger partial charge in [0.1, 0.15) is 0 Å². The van der Waals surface area contributed by atoms with Gasteiger partial charge in [-0.15, -0.1) is 0 Å². The van der Waals surface area contributed by atoms with E-state index in [0.717, 1.165) is 24.9 Å². The van der Waals surface area contributed by atoms with Gasteiger partial charge in [0.05, 0.1) is 0 Å². The Bertz CT molecular complexity index is 626. The molecule has 1 saturated heterocycles. The van der Waals surface area contributed by atoms with Crippen molar-refractivity contribution in [1.29, 1.82) is 0 Å². The van der Waals surface area contributed by atoms with E-state index in [9.17, 15) is 9.59 Å². The molecule has 0 aromatic heterocycles. The molecule has 1 fully saturated rings. The molecule has 0 aliphatic carbocycles. The quantitative estimate of drug-likeness (QED) is 0.883. The number of hydrogen-bond acceptors (Lipinski definition) is 2. The number of hydrogen-bond donors (Lipinski definition) is 1. The fourth-order valence-electron chi connectivity index (χ4n) is 3.91. The second-order valence-corrected chi connectivity index (χ2v) is 9.01. The van der Waals surface area contributed by atoms with Crippen LogP contribution in [0, 0.1) is 11.3 Å². The molecule has 4 nitrogen and oxygen atoms in total. The Kier molecular flexibility index (Phi) is 5.60. The van der Waals surface area contributed by atoms with Crippen molar-refractivity contribution in [3.63, 3.8) is 0 Å². The van der Waals surface area contributed by atoms with E-state index in [1.54, 1.807) is 12.1 Å². The summed E-state index contributed by atoms with van der Waals surface area (Å²) in [6.07, 6.45) is 3.41. The van der Waals surface area contributed by atoms with E-state index in [0.29, 0.717) is 24.3 Å². The van der Waals surface area contributed by atoms with Crippen molar-refractivity contribution >= 4 is 11.8 Å². The first-order valence-electron chi connectivity index (χ1n) is 9.20. The summed E-state index contributed by atoms with van der Waals surface area (Å²) >= 11 is 0. The molecular formula is C21H32N2O2. The summed E-state index contributed by atoms with van der Waals surface area (Å²) in [4.78, 5) is 26.0. The molecule has 1 unspecified atom stereocenters. The third-order valence-electron chi connectivity index (χ3n) is 5.42. The number of amides is 2. The van der Waals surface area contributed by atoms with Gasteiger partial charge >= 0.3 is 0 Å². The van der Waals surface area contributed by atoms with E-state index in [1.165, 1.54) is 0 Å². The Balaban J connectivity index is 1.95. The fourth-order valence-corrected chi connectivity index (χ4v) is 3.91. The third-order valence-corrected chi connectivity index (χ3v) is 5.42. The lowest BCUT2D eigenvalue weighted by atomic mass is 9.76. The van der Waals surface area contributed by atoms with Crippen LogP contribution in [0.3, 0.4) is 0 Å². The first kappa shape index (κ1) is 19.5. The predicted molar refractivity (Wildman–Crippen MR) is 101 cm³/mol. The van der Waals surface area contributed by atoms with Crippen LogP contribution >= 0.6 is 0 Å². The molecule has 0 radical (unpaired) electrons. The van der Waals surface area contributed by atoms with Crippen LogP contribution in [0.4, 0.5) is 0 Å². The topological polar surface area (TPSA) is 63.4 Å². The van der Waals surface area contributed by atoms with Crippen molar-refractivity contribution in [3.8, 4) is 0 Å². The van der Waals surface area contributed by atoms with Gasteiger partial charge in [-0.2, -0.15) is 0 Å². The highest BCUT2D eigenvalue weighted by atomic mass is 16.2. The van der Waals surface area contributed by atoms with E-state index >= 15 is 0 Å². The molecule has 1 aromatic carbocycles. The maximum atomic E-state index is 12.8. The molecule has 0 saturated carbocycles. The summed E-state index contributed by atoms with van der Waals surface area (Å²) in [6.45, 7) is 12.1. The molecule has 138 valence electrons. The lowest BCUT2D eigenvalue weighted by Crippen LogP contribution is -2.46. The number of rotatable bonds is 5. The zero-order valence-electron chi connectivity index (χ0n) is 16.3. The van der Waals surface area contributed by atoms with Crippen molar-refractivity contribution in [1.82, 2.24) is 4.90 Å². The van der Waals surface area contributed by atoms with Crippen LogP contribution in [-0.2, 0) is 11.2 Å². The van der Waals surface area contributed by atoms with Gasteiger partial charge in [0, 0.05) is 24.1 Å². The van der Waals surface area contributed by atoms with Crippen LogP contribution in [0.1, 0.15) is 69.8 Å². The van der Waals surface area contributed by atoms with Gasteiger partial charge in [-0.25, -0.2) is 0 Å². The SMILES string of the molecule is CC(C)(C)CC1CCN(C(=O)CCc2ccc(C(N)=O)cc2)C1(C)C. The van der Waals surface area contributed by atoms with Gasteiger partial charge in [-0.1, -0.05) is 32.9 Å². The van der Waals surface area contributed by atoms with Gasteiger partial charge in [0.15, 0.2) is 0 Å². The monoisotopic (exact) mass is 344 g/mol. The molecule has 1 heterocycles. The van der Waals surface area contributed by atoms with E-state index in [-0.39, 0.29) is 16.9 Å². The Hall–Kier alpha value is -1.84. The van der Waals surface area contributed by atoms with Gasteiger partial charge in [-0.05, 0) is 62.1 Å². The summed E-state index contributed by atoms with van der Waals surface area (Å²) in [5.74, 6) is 0.345. The zero-order valence-corrected chi connectivity index (χ0v) is 16.3. The Morgan fingerprint density at radius 1 is 1.20 bits per heavy atom. The van der Waals surface area contributed by atoms with E-state index in [4.69, 9.17) is 5.73 Å². The number of nitrogens with zero attached hydrogens (tertiary/aromatic N) is 1. The summed E-state index contributed by atoms with van der Waals surface area (Å²) in [5, 5.41) is 0. The van der Waals surface area contributed by atoms with Crippen LogP contribution < -0.4 is 5.73 Å². The highest BCUT2D eigenvalue weighted by molar-refractivity contribution is 5.92. The number of aryl methyl sites for hydroxylation is 1. The van der Waals surface area contributed by atoms with Crippen LogP contribution in [0.5, 0.6) is 0 Å². The largest absolute Gasteiger partial charge is 0.366 e. The zero-order chi connectivity index (χ0) is 18.8. The Morgan fingerprint density at radius 2 is 1.80 bits per heavy atom. The van der Waals surface area contributed by atoms with Crippen molar-refractivity contribution < 1.29 is 9.59 Å². The molecule has 2 amide bonds. The van der Waals surface area contributed by atoms with Crippen molar-refractivity contribution in [3.05, 3.63) is 35.4 Å². The van der Waals surface area contributed by atoms with Crippen molar-refractivity contribution in [2.75, 3.05) is 6.54 Å². The first-order valence-corrected chi connectivity index (χ1v) is 9.20. The van der Waals surface area contributed by atoms with Crippen LogP contribution in [0.25, 0.3) is 0 Å². The van der Waals surface area contributed by atoms with Crippen molar-refractivity contribution in [2.24, 2.45) is 17.1 Å². The molecule has 4 heteroatoms. The normalized spacial score (nSPS) is 19.9. The maximum absolute atomic E-state index is 12.8. The average molecular weight is 344 g/mol. The highest BCUT2D eigenvalue weighted by Crippen LogP contribution is 2.41. The molecule has 1 atom stereocenters. The van der Waals surface area contributed by atoms with E-state index in [1.807, 2.05) is 12.1 Å². The van der Waals surface area contributed by atoms with Gasteiger partial charge in [-0.3, -0.25) is 9.59 Å². The second kappa shape index (κ2) is 7.19. The molecule has 0 spiro atoms. The van der Waals surface area contributed by atoms with Crippen LogP contribution in [0.15, 0.2) is 24.3 Å². The summed E-state index contributed by atoms with van der Waals surface area (Å²) in [6, 6.07) is 7.21. The number of benzene rings is 1. The number of primary amides is 1. The molecule has 1 aliphatic rings. The first-order chi connectivity index (χ1) is 11.5. The third kappa shape index (κ3) is 4.83. The molecule has 25 heavy (non-hydrogen) atoms. The van der Waals surface area contributed by atoms with Crippen LogP contribution in [0.2, 0.25) is 0 Å². The van der Waals surface area contributed by atoms with Gasteiger partial charge < -0.3 is 10.6 Å². The average Bonchev–Trinajstić information content (AvgIpc) is 2.78. The van der Waals surface area contributed by atoms with Gasteiger partial charge in [0.25, 0.3) is 0 Å². The summed E-state index contributed by atoms with van der Waals surface area (Å²) in [5.41, 5.74) is 7.01. The fraction of sp³-hybridized carbons (Fsp3) is 0.619. The predicted octanol–water partition coefficient (Wildman–Crippen LogP) is 3.78. The minimum absolute atomic E-state index is 0.0831. The lowest BCUT2D eigenvalue weighted by molar-refractivity contribution is -0.135. The smallest absolute Gasteiger partial charge is 0.248 e. The minimum atomic E-state index is -0.425. The summed E-state index contributed by atoms with van der Waals surface area (Å²) in [7, 11) is 0. The Morgan fingerprint density at radius 3 is 2.32 bits per heavy atom. The summed E-state index contributed by atoms with van der Waals surface area (Å²) < 4.78 is 0. The van der Waals surface area contributed by atoms with E-state index < -0.39 is 5.91 Å². The molecule has 2 rings (SSSR count). The lowest BCUT2D eigenvalue weighted by Gasteiger charge is -2.38. The molecular weight excluding hydrogens is 312 g/mol. The molecule has 1 aliphatic heterocycles. The maximum Gasteiger partial charge on any atom is 0.248 e. The second-order valence-electron chi connectivity index (χ2n) is 9.01. The number of carbonyl (C=O) groups excluding carboxylic acids is 2. The highest BCUT2D eigenvalue weighted by Gasteiger charge is 2.44. The van der Waals surface area contributed by atoms with E-state index in [2.05, 4.69) is 39.5 Å². The van der Waals surface area contributed by atoms with Crippen LogP contribution in [-0.4, -0.2) is 28.8 Å². The minimum Gasteiger partial charge on any atom is -0.366 e. The Labute approximate surface area is 151 Å².